The number of rotatable bonds is 9. The second-order valence-corrected chi connectivity index (χ2v) is 10.1. The molecule has 1 unspecified atom stereocenters. The Bertz CT molecular complexity index is 803. The second-order valence-electron chi connectivity index (χ2n) is 7.33. The topological polar surface area (TPSA) is 120 Å². The van der Waals surface area contributed by atoms with Crippen LogP contribution in [0.3, 0.4) is 0 Å². The van der Waals surface area contributed by atoms with E-state index in [0.29, 0.717) is 18.0 Å². The molecule has 0 aromatic heterocycles. The minimum absolute atomic E-state index is 0.00347. The lowest BCUT2D eigenvalue weighted by Gasteiger charge is -2.39. The molecule has 0 spiro atoms. The minimum Gasteiger partial charge on any atom is -0.404 e. The third kappa shape index (κ3) is 7.75. The van der Waals surface area contributed by atoms with Crippen molar-refractivity contribution >= 4 is 36.5 Å². The first kappa shape index (κ1) is 24.4. The Morgan fingerprint density at radius 2 is 1.90 bits per heavy atom. The molecule has 1 aromatic rings. The molecule has 30 heavy (non-hydrogen) atoms. The number of carbonyl (C=O) groups excluding carboxylic acids is 3. The molecule has 1 aliphatic heterocycles. The second kappa shape index (κ2) is 10.9. The SMILES string of the molecule is CC(=O)SCCNC(=O)CCNC(=O)[C@@H]1OP(=O)(Oc2ccccc2)OCC1(C)C. The first-order valence-corrected chi connectivity index (χ1v) is 11.9. The summed E-state index contributed by atoms with van der Waals surface area (Å²) in [5.41, 5.74) is -0.746. The van der Waals surface area contributed by atoms with Crippen LogP contribution in [0.1, 0.15) is 27.2 Å². The molecule has 1 fully saturated rings. The fourth-order valence-corrected chi connectivity index (χ4v) is 4.71. The summed E-state index contributed by atoms with van der Waals surface area (Å²) >= 11 is 1.13. The van der Waals surface area contributed by atoms with Crippen LogP contribution in [-0.2, 0) is 28.0 Å². The molecule has 2 atom stereocenters. The number of thioether (sulfide) groups is 1. The van der Waals surface area contributed by atoms with Gasteiger partial charge < -0.3 is 15.2 Å². The van der Waals surface area contributed by atoms with E-state index in [4.69, 9.17) is 13.6 Å². The summed E-state index contributed by atoms with van der Waals surface area (Å²) in [6, 6.07) is 8.42. The van der Waals surface area contributed by atoms with Gasteiger partial charge in [0, 0.05) is 37.6 Å². The minimum atomic E-state index is -3.97. The van der Waals surface area contributed by atoms with Crippen LogP contribution >= 0.6 is 19.6 Å². The Balaban J connectivity index is 1.84. The zero-order valence-electron chi connectivity index (χ0n) is 17.2. The molecule has 0 radical (unpaired) electrons. The molecule has 0 saturated carbocycles. The van der Waals surface area contributed by atoms with Gasteiger partial charge in [-0.25, -0.2) is 4.57 Å². The van der Waals surface area contributed by atoms with E-state index in [0.717, 1.165) is 11.8 Å². The molecule has 0 aliphatic carbocycles. The highest BCUT2D eigenvalue weighted by Gasteiger charge is 2.49. The van der Waals surface area contributed by atoms with Crippen molar-refractivity contribution in [3.8, 4) is 5.75 Å². The summed E-state index contributed by atoms with van der Waals surface area (Å²) in [7, 11) is -3.97. The number of nitrogens with one attached hydrogen (secondary N) is 2. The van der Waals surface area contributed by atoms with Gasteiger partial charge >= 0.3 is 7.82 Å². The monoisotopic (exact) mass is 458 g/mol. The molecular weight excluding hydrogens is 431 g/mol. The van der Waals surface area contributed by atoms with Crippen LogP contribution < -0.4 is 15.2 Å². The molecule has 2 rings (SSSR count). The fourth-order valence-electron chi connectivity index (χ4n) is 2.55. The average molecular weight is 458 g/mol. The van der Waals surface area contributed by atoms with Gasteiger partial charge in [-0.15, -0.1) is 0 Å². The maximum atomic E-state index is 12.8. The standard InChI is InChI=1S/C19H27N2O7PS/c1-14(22)30-12-11-20-16(23)9-10-21-18(24)17-19(2,3)13-26-29(25,28-17)27-15-7-5-4-6-8-15/h4-8,17H,9-13H2,1-3H3,(H,20,23)(H,21,24)/t17-,29?/m0/s1. The van der Waals surface area contributed by atoms with Gasteiger partial charge in [0.2, 0.25) is 5.91 Å². The first-order valence-electron chi connectivity index (χ1n) is 9.47. The van der Waals surface area contributed by atoms with Crippen LogP contribution in [0, 0.1) is 5.41 Å². The molecule has 11 heteroatoms. The van der Waals surface area contributed by atoms with E-state index in [1.54, 1.807) is 44.2 Å². The molecule has 9 nitrogen and oxygen atoms in total. The molecule has 166 valence electrons. The Morgan fingerprint density at radius 3 is 2.57 bits per heavy atom. The highest BCUT2D eigenvalue weighted by molar-refractivity contribution is 8.13. The Morgan fingerprint density at radius 1 is 1.20 bits per heavy atom. The van der Waals surface area contributed by atoms with Crippen LogP contribution in [0.4, 0.5) is 0 Å². The van der Waals surface area contributed by atoms with Crippen molar-refractivity contribution in [2.45, 2.75) is 33.3 Å². The molecule has 1 aromatic carbocycles. The summed E-state index contributed by atoms with van der Waals surface area (Å²) in [5, 5.41) is 5.29. The van der Waals surface area contributed by atoms with Crippen LogP contribution in [0.15, 0.2) is 30.3 Å². The average Bonchev–Trinajstić information content (AvgIpc) is 2.68. The van der Waals surface area contributed by atoms with Gasteiger partial charge in [0.05, 0.1) is 6.61 Å². The zero-order valence-corrected chi connectivity index (χ0v) is 18.9. The summed E-state index contributed by atoms with van der Waals surface area (Å²) in [6.07, 6.45) is -1.01. The molecule has 1 aliphatic rings. The van der Waals surface area contributed by atoms with Crippen molar-refractivity contribution in [3.63, 3.8) is 0 Å². The van der Waals surface area contributed by atoms with E-state index in [9.17, 15) is 18.9 Å². The van der Waals surface area contributed by atoms with Crippen molar-refractivity contribution in [1.29, 1.82) is 0 Å². The summed E-state index contributed by atoms with van der Waals surface area (Å²) < 4.78 is 29.0. The number of benzene rings is 1. The number of hydrogen-bond donors (Lipinski definition) is 2. The fraction of sp³-hybridized carbons (Fsp3) is 0.526. The van der Waals surface area contributed by atoms with E-state index in [-0.39, 0.29) is 30.6 Å². The first-order chi connectivity index (χ1) is 14.1. The number of phosphoric acid groups is 1. The van der Waals surface area contributed by atoms with Gasteiger partial charge in [0.15, 0.2) is 11.2 Å². The van der Waals surface area contributed by atoms with Crippen LogP contribution in [0.2, 0.25) is 0 Å². The molecular formula is C19H27N2O7PS. The Kier molecular flexibility index (Phi) is 8.91. The normalized spacial score (nSPS) is 22.7. The maximum Gasteiger partial charge on any atom is 0.530 e. The zero-order chi connectivity index (χ0) is 22.2. The lowest BCUT2D eigenvalue weighted by Crippen LogP contribution is -2.50. The van der Waals surface area contributed by atoms with Crippen molar-refractivity contribution in [2.75, 3.05) is 25.4 Å². The lowest BCUT2D eigenvalue weighted by molar-refractivity contribution is -0.140. The van der Waals surface area contributed by atoms with E-state index in [1.165, 1.54) is 6.92 Å². The predicted molar refractivity (Wildman–Crippen MR) is 113 cm³/mol. The van der Waals surface area contributed by atoms with Gasteiger partial charge in [0.25, 0.3) is 5.91 Å². The van der Waals surface area contributed by atoms with Gasteiger partial charge in [-0.1, -0.05) is 43.8 Å². The van der Waals surface area contributed by atoms with Crippen molar-refractivity contribution in [1.82, 2.24) is 10.6 Å². The quantitative estimate of drug-likeness (QED) is 0.428. The molecule has 0 bridgehead atoms. The summed E-state index contributed by atoms with van der Waals surface area (Å²) in [6.45, 7) is 5.43. The number of hydrogen-bond acceptors (Lipinski definition) is 8. The van der Waals surface area contributed by atoms with Gasteiger partial charge in [-0.05, 0) is 12.1 Å². The largest absolute Gasteiger partial charge is 0.530 e. The summed E-state index contributed by atoms with van der Waals surface area (Å²) in [5.74, 6) is 0.0536. The van der Waals surface area contributed by atoms with Gasteiger partial charge in [0.1, 0.15) is 5.75 Å². The number of para-hydroxylation sites is 1. The Hall–Kier alpha value is -1.87. The summed E-state index contributed by atoms with van der Waals surface area (Å²) in [4.78, 5) is 35.3. The van der Waals surface area contributed by atoms with E-state index >= 15 is 0 Å². The van der Waals surface area contributed by atoms with Gasteiger partial charge in [-0.3, -0.25) is 23.4 Å². The number of carbonyl (C=O) groups is 3. The van der Waals surface area contributed by atoms with Crippen molar-refractivity contribution in [3.05, 3.63) is 30.3 Å². The number of amides is 2. The predicted octanol–water partition coefficient (Wildman–Crippen LogP) is 2.52. The van der Waals surface area contributed by atoms with Crippen molar-refractivity contribution < 1.29 is 32.5 Å². The third-order valence-corrected chi connectivity index (χ3v) is 6.28. The maximum absolute atomic E-state index is 12.8. The molecule has 2 N–H and O–H groups in total. The van der Waals surface area contributed by atoms with E-state index in [2.05, 4.69) is 10.6 Å². The van der Waals surface area contributed by atoms with Crippen LogP contribution in [0.5, 0.6) is 5.75 Å². The molecule has 1 heterocycles. The number of phosphoric ester groups is 1. The highest BCUT2D eigenvalue weighted by atomic mass is 32.2. The third-order valence-electron chi connectivity index (χ3n) is 4.12. The van der Waals surface area contributed by atoms with E-state index < -0.39 is 25.2 Å². The Labute approximate surface area is 180 Å². The smallest absolute Gasteiger partial charge is 0.404 e. The highest BCUT2D eigenvalue weighted by Crippen LogP contribution is 2.56. The molecule has 2 amide bonds. The van der Waals surface area contributed by atoms with Crippen LogP contribution in [-0.4, -0.2) is 48.5 Å². The molecule has 1 saturated heterocycles. The van der Waals surface area contributed by atoms with Gasteiger partial charge in [-0.2, -0.15) is 0 Å². The lowest BCUT2D eigenvalue weighted by atomic mass is 9.87. The van der Waals surface area contributed by atoms with E-state index in [1.807, 2.05) is 0 Å². The van der Waals surface area contributed by atoms with Crippen molar-refractivity contribution in [2.24, 2.45) is 5.41 Å². The van der Waals surface area contributed by atoms with Crippen LogP contribution in [0.25, 0.3) is 0 Å².